The summed E-state index contributed by atoms with van der Waals surface area (Å²) in [7, 11) is 0. The lowest BCUT2D eigenvalue weighted by Gasteiger charge is -2.36. The Morgan fingerprint density at radius 3 is 2.50 bits per heavy atom. The normalized spacial score (nSPS) is 23.0. The van der Waals surface area contributed by atoms with Gasteiger partial charge in [-0.2, -0.15) is 0 Å². The van der Waals surface area contributed by atoms with Crippen molar-refractivity contribution < 1.29 is 0 Å². The number of hydrogen-bond acceptors (Lipinski definition) is 2. The van der Waals surface area contributed by atoms with Gasteiger partial charge in [0.25, 0.3) is 0 Å². The molecule has 1 aliphatic carbocycles. The van der Waals surface area contributed by atoms with Crippen molar-refractivity contribution in [2.75, 3.05) is 26.2 Å². The number of halogens is 2. The second-order valence-electron chi connectivity index (χ2n) is 5.23. The summed E-state index contributed by atoms with van der Waals surface area (Å²) in [4.78, 5) is 2.57. The van der Waals surface area contributed by atoms with Crippen LogP contribution in [-0.4, -0.2) is 31.1 Å². The molecular weight excluding hydrogens is 267 g/mol. The highest BCUT2D eigenvalue weighted by atomic mass is 35.5. The Labute approximate surface area is 118 Å². The Bertz CT molecular complexity index is 426. The summed E-state index contributed by atoms with van der Waals surface area (Å²) >= 11 is 12.4. The van der Waals surface area contributed by atoms with Crippen molar-refractivity contribution in [3.8, 4) is 0 Å². The van der Waals surface area contributed by atoms with Crippen molar-refractivity contribution in [2.45, 2.75) is 18.9 Å². The lowest BCUT2D eigenvalue weighted by molar-refractivity contribution is 0.156. The standard InChI is InChI=1S/C14H18Cl2N2/c15-11-3-4-12(13(16)9-11)14(10-1-2-10)18-7-5-17-6-8-18/h3-4,9-10,14,17H,1-2,5-8H2/t14-/m1/s1. The second-order valence-corrected chi connectivity index (χ2v) is 6.08. The highest BCUT2D eigenvalue weighted by Crippen LogP contribution is 2.46. The van der Waals surface area contributed by atoms with Crippen LogP contribution in [0.4, 0.5) is 0 Å². The van der Waals surface area contributed by atoms with Crippen molar-refractivity contribution in [2.24, 2.45) is 5.92 Å². The highest BCUT2D eigenvalue weighted by Gasteiger charge is 2.37. The zero-order valence-corrected chi connectivity index (χ0v) is 11.8. The third-order valence-electron chi connectivity index (χ3n) is 3.89. The fourth-order valence-electron chi connectivity index (χ4n) is 2.86. The van der Waals surface area contributed by atoms with Crippen LogP contribution in [0.25, 0.3) is 0 Å². The van der Waals surface area contributed by atoms with Gasteiger partial charge in [-0.25, -0.2) is 0 Å². The van der Waals surface area contributed by atoms with Crippen LogP contribution < -0.4 is 5.32 Å². The molecule has 0 bridgehead atoms. The van der Waals surface area contributed by atoms with E-state index in [1.165, 1.54) is 18.4 Å². The van der Waals surface area contributed by atoms with Crippen LogP contribution in [-0.2, 0) is 0 Å². The van der Waals surface area contributed by atoms with Crippen LogP contribution in [0.1, 0.15) is 24.4 Å². The topological polar surface area (TPSA) is 15.3 Å². The summed E-state index contributed by atoms with van der Waals surface area (Å²) in [5, 5.41) is 4.95. The second kappa shape index (κ2) is 5.38. The molecule has 1 saturated carbocycles. The van der Waals surface area contributed by atoms with Gasteiger partial charge in [0.2, 0.25) is 0 Å². The lowest BCUT2D eigenvalue weighted by atomic mass is 9.99. The minimum Gasteiger partial charge on any atom is -0.314 e. The monoisotopic (exact) mass is 284 g/mol. The molecule has 0 unspecified atom stereocenters. The Morgan fingerprint density at radius 2 is 1.89 bits per heavy atom. The van der Waals surface area contributed by atoms with Gasteiger partial charge in [0, 0.05) is 42.3 Å². The van der Waals surface area contributed by atoms with Gasteiger partial charge in [-0.05, 0) is 36.5 Å². The molecule has 3 rings (SSSR count). The molecule has 1 N–H and O–H groups in total. The zero-order valence-electron chi connectivity index (χ0n) is 10.3. The van der Waals surface area contributed by atoms with Crippen molar-refractivity contribution in [3.05, 3.63) is 33.8 Å². The zero-order chi connectivity index (χ0) is 12.5. The summed E-state index contributed by atoms with van der Waals surface area (Å²) in [6.07, 6.45) is 2.65. The Hall–Kier alpha value is -0.280. The Kier molecular flexibility index (Phi) is 3.81. The van der Waals surface area contributed by atoms with Crippen LogP contribution in [0.15, 0.2) is 18.2 Å². The van der Waals surface area contributed by atoms with Crippen LogP contribution in [0.5, 0.6) is 0 Å². The molecule has 0 spiro atoms. The van der Waals surface area contributed by atoms with Crippen LogP contribution >= 0.6 is 23.2 Å². The summed E-state index contributed by atoms with van der Waals surface area (Å²) in [6.45, 7) is 4.38. The number of nitrogens with zero attached hydrogens (tertiary/aromatic N) is 1. The minimum atomic E-state index is 0.483. The average Bonchev–Trinajstić information content (AvgIpc) is 3.18. The lowest BCUT2D eigenvalue weighted by Crippen LogP contribution is -2.45. The van der Waals surface area contributed by atoms with Gasteiger partial charge in [0.15, 0.2) is 0 Å². The first kappa shape index (κ1) is 12.7. The van der Waals surface area contributed by atoms with E-state index in [2.05, 4.69) is 16.3 Å². The van der Waals surface area contributed by atoms with Gasteiger partial charge >= 0.3 is 0 Å². The molecule has 0 radical (unpaired) electrons. The Morgan fingerprint density at radius 1 is 1.17 bits per heavy atom. The molecule has 1 aromatic carbocycles. The van der Waals surface area contributed by atoms with E-state index >= 15 is 0 Å². The van der Waals surface area contributed by atoms with Gasteiger partial charge in [0.05, 0.1) is 0 Å². The fraction of sp³-hybridized carbons (Fsp3) is 0.571. The van der Waals surface area contributed by atoms with E-state index in [-0.39, 0.29) is 0 Å². The van der Waals surface area contributed by atoms with Crippen molar-refractivity contribution in [3.63, 3.8) is 0 Å². The van der Waals surface area contributed by atoms with Gasteiger partial charge < -0.3 is 5.32 Å². The number of hydrogen-bond donors (Lipinski definition) is 1. The number of nitrogens with one attached hydrogen (secondary N) is 1. The quantitative estimate of drug-likeness (QED) is 0.916. The molecule has 0 aromatic heterocycles. The minimum absolute atomic E-state index is 0.483. The molecule has 98 valence electrons. The van der Waals surface area contributed by atoms with E-state index in [4.69, 9.17) is 23.2 Å². The number of rotatable bonds is 3. The third kappa shape index (κ3) is 2.67. The molecular formula is C14H18Cl2N2. The van der Waals surface area contributed by atoms with E-state index in [0.29, 0.717) is 6.04 Å². The number of benzene rings is 1. The first-order valence-electron chi connectivity index (χ1n) is 6.65. The summed E-state index contributed by atoms with van der Waals surface area (Å²) in [5.74, 6) is 0.779. The van der Waals surface area contributed by atoms with E-state index in [1.807, 2.05) is 12.1 Å². The van der Waals surface area contributed by atoms with Gasteiger partial charge in [-0.15, -0.1) is 0 Å². The number of piperazine rings is 1. The summed E-state index contributed by atoms with van der Waals surface area (Å²) < 4.78 is 0. The molecule has 2 nitrogen and oxygen atoms in total. The van der Waals surface area contributed by atoms with E-state index in [1.54, 1.807) is 0 Å². The molecule has 1 saturated heterocycles. The highest BCUT2D eigenvalue weighted by molar-refractivity contribution is 6.35. The maximum atomic E-state index is 6.39. The van der Waals surface area contributed by atoms with Crippen molar-refractivity contribution in [1.82, 2.24) is 10.2 Å². The predicted molar refractivity (Wildman–Crippen MR) is 76.4 cm³/mol. The largest absolute Gasteiger partial charge is 0.314 e. The Balaban J connectivity index is 1.88. The molecule has 1 aliphatic heterocycles. The molecule has 18 heavy (non-hydrogen) atoms. The summed E-state index contributed by atoms with van der Waals surface area (Å²) in [5.41, 5.74) is 1.26. The fourth-order valence-corrected chi connectivity index (χ4v) is 3.38. The molecule has 2 fully saturated rings. The van der Waals surface area contributed by atoms with Crippen molar-refractivity contribution in [1.29, 1.82) is 0 Å². The molecule has 1 atom stereocenters. The van der Waals surface area contributed by atoms with Crippen LogP contribution in [0.2, 0.25) is 10.0 Å². The maximum Gasteiger partial charge on any atom is 0.0468 e. The summed E-state index contributed by atoms with van der Waals surface area (Å²) in [6, 6.07) is 6.42. The smallest absolute Gasteiger partial charge is 0.0468 e. The average molecular weight is 285 g/mol. The SMILES string of the molecule is Clc1ccc([C@@H](C2CC2)N2CCNCC2)c(Cl)c1. The molecule has 1 heterocycles. The molecule has 1 aromatic rings. The van der Waals surface area contributed by atoms with Gasteiger partial charge in [-0.3, -0.25) is 4.90 Å². The van der Waals surface area contributed by atoms with E-state index < -0.39 is 0 Å². The molecule has 2 aliphatic rings. The third-order valence-corrected chi connectivity index (χ3v) is 4.46. The van der Waals surface area contributed by atoms with E-state index in [0.717, 1.165) is 42.1 Å². The van der Waals surface area contributed by atoms with Crippen LogP contribution in [0.3, 0.4) is 0 Å². The first-order chi connectivity index (χ1) is 8.75. The van der Waals surface area contributed by atoms with E-state index in [9.17, 15) is 0 Å². The first-order valence-corrected chi connectivity index (χ1v) is 7.41. The predicted octanol–water partition coefficient (Wildman–Crippen LogP) is 3.35. The molecule has 4 heteroatoms. The van der Waals surface area contributed by atoms with Crippen LogP contribution in [0, 0.1) is 5.92 Å². The van der Waals surface area contributed by atoms with Crippen molar-refractivity contribution >= 4 is 23.2 Å². The van der Waals surface area contributed by atoms with Gasteiger partial charge in [0.1, 0.15) is 0 Å². The van der Waals surface area contributed by atoms with Gasteiger partial charge in [-0.1, -0.05) is 29.3 Å². The maximum absolute atomic E-state index is 6.39. The molecule has 0 amide bonds.